The van der Waals surface area contributed by atoms with Crippen molar-refractivity contribution in [3.63, 3.8) is 0 Å². The zero-order valence-corrected chi connectivity index (χ0v) is 21.2. The summed E-state index contributed by atoms with van der Waals surface area (Å²) in [5, 5.41) is 5.66. The van der Waals surface area contributed by atoms with Gasteiger partial charge in [0.2, 0.25) is 0 Å². The van der Waals surface area contributed by atoms with Gasteiger partial charge < -0.3 is 20.3 Å². The van der Waals surface area contributed by atoms with Crippen molar-refractivity contribution in [1.29, 1.82) is 0 Å². The van der Waals surface area contributed by atoms with Gasteiger partial charge >= 0.3 is 6.18 Å². The summed E-state index contributed by atoms with van der Waals surface area (Å²) in [5.41, 5.74) is -4.84. The molecule has 3 aliphatic rings. The number of rotatable bonds is 7. The molecule has 0 unspecified atom stereocenters. The summed E-state index contributed by atoms with van der Waals surface area (Å²) in [4.78, 5) is 28.6. The maximum absolute atomic E-state index is 14.7. The van der Waals surface area contributed by atoms with Crippen molar-refractivity contribution in [2.45, 2.75) is 43.6 Å². The van der Waals surface area contributed by atoms with E-state index in [1.165, 1.54) is 19.1 Å². The molecule has 2 N–H and O–H groups in total. The summed E-state index contributed by atoms with van der Waals surface area (Å²) in [7, 11) is 1.97. The molecule has 1 aromatic heterocycles. The molecule has 1 aliphatic carbocycles. The number of likely N-dealkylation sites (tertiary alicyclic amines) is 1. The maximum Gasteiger partial charge on any atom is 0.414 e. The molecular weight excluding hydrogens is 530 g/mol. The fraction of sp³-hybridized carbons (Fsp3) is 0.538. The number of carbonyl (C=O) groups is 1. The Hall–Kier alpha value is -3.06. The lowest BCUT2D eigenvalue weighted by Gasteiger charge is -2.33. The molecule has 1 saturated carbocycles. The number of nitrogens with one attached hydrogen (secondary N) is 2. The highest BCUT2D eigenvalue weighted by atomic mass is 19.4. The van der Waals surface area contributed by atoms with Crippen molar-refractivity contribution in [1.82, 2.24) is 14.8 Å². The molecule has 3 heterocycles. The van der Waals surface area contributed by atoms with Crippen molar-refractivity contribution >= 4 is 11.6 Å². The first-order chi connectivity index (χ1) is 18.3. The number of hydrogen-bond donors (Lipinski definition) is 2. The Morgan fingerprint density at radius 1 is 1.18 bits per heavy atom. The molecule has 2 aliphatic heterocycles. The van der Waals surface area contributed by atoms with Crippen LogP contribution in [0.2, 0.25) is 0 Å². The van der Waals surface area contributed by atoms with Gasteiger partial charge in [-0.1, -0.05) is 18.2 Å². The van der Waals surface area contributed by atoms with Gasteiger partial charge in [0.1, 0.15) is 5.82 Å². The third kappa shape index (κ3) is 4.79. The maximum atomic E-state index is 14.7. The first-order valence-corrected chi connectivity index (χ1v) is 12.6. The lowest BCUT2D eigenvalue weighted by Crippen LogP contribution is -2.52. The Morgan fingerprint density at radius 3 is 2.44 bits per heavy atom. The smallest absolute Gasteiger partial charge is 0.381 e. The normalized spacial score (nSPS) is 27.5. The quantitative estimate of drug-likeness (QED) is 0.502. The van der Waals surface area contributed by atoms with E-state index in [9.17, 15) is 35.9 Å². The van der Waals surface area contributed by atoms with Crippen LogP contribution in [0.5, 0.6) is 0 Å². The molecule has 3 fully saturated rings. The van der Waals surface area contributed by atoms with Crippen LogP contribution < -0.4 is 16.2 Å². The van der Waals surface area contributed by atoms with Gasteiger partial charge in [0.25, 0.3) is 17.9 Å². The highest BCUT2D eigenvalue weighted by molar-refractivity contribution is 5.99. The number of carbonyl (C=O) groups excluding carboxylic acids is 1. The summed E-state index contributed by atoms with van der Waals surface area (Å²) < 4.78 is 89.3. The van der Waals surface area contributed by atoms with Gasteiger partial charge in [-0.25, -0.2) is 13.2 Å². The Kier molecular flexibility index (Phi) is 6.94. The molecule has 13 heteroatoms. The van der Waals surface area contributed by atoms with E-state index >= 15 is 0 Å². The van der Waals surface area contributed by atoms with Crippen LogP contribution in [-0.4, -0.2) is 60.9 Å². The number of piperidine rings is 1. The van der Waals surface area contributed by atoms with Crippen LogP contribution >= 0.6 is 0 Å². The number of anilines is 1. The zero-order chi connectivity index (χ0) is 28.3. The predicted octanol–water partition coefficient (Wildman–Crippen LogP) is 4.07. The first-order valence-electron chi connectivity index (χ1n) is 12.6. The fourth-order valence-corrected chi connectivity index (χ4v) is 5.83. The number of fused-ring (bicyclic) bond motifs is 1. The number of pyridine rings is 1. The van der Waals surface area contributed by atoms with Crippen LogP contribution in [0.25, 0.3) is 0 Å². The minimum atomic E-state index is -4.85. The number of hydrogen-bond acceptors (Lipinski definition) is 5. The highest BCUT2D eigenvalue weighted by Gasteiger charge is 2.59. The molecule has 1 aromatic carbocycles. The number of amides is 1. The van der Waals surface area contributed by atoms with Crippen LogP contribution in [0.3, 0.4) is 0 Å². The standard InChI is InChI=1S/C26H28F6N4O3/c1-13(14-4-3-5-15(21(14)27)23(28)29)33-24(38)18-11-36(25(26(30,31)32)6-7-39-12-25)20(37)8-19(18)34-22-16-9-35(2)10-17(16)22/h3-5,8,11,13,16-17,22-23,34H,6-7,9-10,12H2,1-2H3,(H,33,38)/t13-,16-,17+,22-,25+/m1/s1. The molecule has 1 amide bonds. The van der Waals surface area contributed by atoms with Crippen LogP contribution in [0.1, 0.15) is 47.3 Å². The number of benzene rings is 1. The topological polar surface area (TPSA) is 75.6 Å². The number of aromatic nitrogens is 1. The average molecular weight is 559 g/mol. The molecule has 5 atom stereocenters. The largest absolute Gasteiger partial charge is 0.414 e. The Labute approximate surface area is 220 Å². The Bertz CT molecular complexity index is 1310. The highest BCUT2D eigenvalue weighted by Crippen LogP contribution is 2.47. The van der Waals surface area contributed by atoms with E-state index in [1.54, 1.807) is 0 Å². The number of halogens is 6. The number of alkyl halides is 5. The summed E-state index contributed by atoms with van der Waals surface area (Å²) >= 11 is 0. The van der Waals surface area contributed by atoms with E-state index in [0.29, 0.717) is 4.57 Å². The summed E-state index contributed by atoms with van der Waals surface area (Å²) in [6.45, 7) is 1.96. The summed E-state index contributed by atoms with van der Waals surface area (Å²) in [5.74, 6) is -1.54. The van der Waals surface area contributed by atoms with Gasteiger partial charge in [0.15, 0.2) is 5.54 Å². The minimum Gasteiger partial charge on any atom is -0.381 e. The van der Waals surface area contributed by atoms with Gasteiger partial charge in [0, 0.05) is 50.0 Å². The van der Waals surface area contributed by atoms with Gasteiger partial charge in [-0.2, -0.15) is 13.2 Å². The molecule has 0 spiro atoms. The van der Waals surface area contributed by atoms with Crippen molar-refractivity contribution in [3.8, 4) is 0 Å². The molecular formula is C26H28F6N4O3. The minimum absolute atomic E-state index is 0.0565. The van der Waals surface area contributed by atoms with E-state index in [1.807, 2.05) is 7.05 Å². The third-order valence-electron chi connectivity index (χ3n) is 8.09. The Morgan fingerprint density at radius 2 is 1.85 bits per heavy atom. The van der Waals surface area contributed by atoms with Crippen LogP contribution in [0.15, 0.2) is 35.3 Å². The second-order valence-corrected chi connectivity index (χ2v) is 10.6. The van der Waals surface area contributed by atoms with Crippen LogP contribution in [-0.2, 0) is 10.3 Å². The Balaban J connectivity index is 1.51. The summed E-state index contributed by atoms with van der Waals surface area (Å²) in [6.07, 6.45) is -7.56. The fourth-order valence-electron chi connectivity index (χ4n) is 5.83. The van der Waals surface area contributed by atoms with Crippen molar-refractivity contribution < 1.29 is 35.9 Å². The first kappa shape index (κ1) is 27.5. The SMILES string of the molecule is C[C@@H](NC(=O)c1cn([C@@]2(C(F)(F)F)CCOC2)c(=O)cc1N[C@@H]1[C@@H]2CN(C)C[C@@H]21)c1cccc(C(F)F)c1F. The molecule has 0 radical (unpaired) electrons. The van der Waals surface area contributed by atoms with Crippen molar-refractivity contribution in [3.05, 3.63) is 63.3 Å². The summed E-state index contributed by atoms with van der Waals surface area (Å²) in [6, 6.07) is 3.20. The van der Waals surface area contributed by atoms with Crippen molar-refractivity contribution in [2.24, 2.45) is 11.8 Å². The molecule has 2 aromatic rings. The van der Waals surface area contributed by atoms with E-state index < -0.39 is 60.1 Å². The second-order valence-electron chi connectivity index (χ2n) is 10.6. The molecule has 5 rings (SSSR count). The van der Waals surface area contributed by atoms with Crippen LogP contribution in [0, 0.1) is 17.7 Å². The van der Waals surface area contributed by atoms with Gasteiger partial charge in [0.05, 0.1) is 29.5 Å². The van der Waals surface area contributed by atoms with Gasteiger partial charge in [-0.3, -0.25) is 14.2 Å². The van der Waals surface area contributed by atoms with E-state index in [4.69, 9.17) is 4.74 Å². The second kappa shape index (κ2) is 9.84. The lowest BCUT2D eigenvalue weighted by atomic mass is 9.96. The molecule has 7 nitrogen and oxygen atoms in total. The number of ether oxygens (including phenoxy) is 1. The van der Waals surface area contributed by atoms with E-state index in [-0.39, 0.29) is 41.3 Å². The predicted molar refractivity (Wildman–Crippen MR) is 129 cm³/mol. The van der Waals surface area contributed by atoms with Crippen molar-refractivity contribution in [2.75, 3.05) is 38.7 Å². The van der Waals surface area contributed by atoms with Gasteiger partial charge in [-0.15, -0.1) is 0 Å². The zero-order valence-electron chi connectivity index (χ0n) is 21.2. The van der Waals surface area contributed by atoms with Gasteiger partial charge in [-0.05, 0) is 25.8 Å². The van der Waals surface area contributed by atoms with Crippen LogP contribution in [0.4, 0.5) is 32.0 Å². The number of nitrogens with zero attached hydrogens (tertiary/aromatic N) is 2. The molecule has 212 valence electrons. The monoisotopic (exact) mass is 558 g/mol. The lowest BCUT2D eigenvalue weighted by molar-refractivity contribution is -0.214. The van der Waals surface area contributed by atoms with E-state index in [0.717, 1.165) is 31.4 Å². The average Bonchev–Trinajstić information content (AvgIpc) is 3.21. The molecule has 2 saturated heterocycles. The third-order valence-corrected chi connectivity index (χ3v) is 8.09. The van der Waals surface area contributed by atoms with E-state index in [2.05, 4.69) is 15.5 Å². The molecule has 0 bridgehead atoms. The molecule has 39 heavy (non-hydrogen) atoms.